The van der Waals surface area contributed by atoms with Gasteiger partial charge in [-0.2, -0.15) is 0 Å². The van der Waals surface area contributed by atoms with Crippen LogP contribution in [-0.4, -0.2) is 79.7 Å². The molecule has 4 rings (SSSR count). The summed E-state index contributed by atoms with van der Waals surface area (Å²) in [7, 11) is 1.55. The number of aliphatic hydroxyl groups is 1. The lowest BCUT2D eigenvalue weighted by Crippen LogP contribution is -2.39. The number of ketones is 1. The number of Topliss-reactive ketones (excluding diaryl/α,β-unsaturated/α-hetero) is 1. The van der Waals surface area contributed by atoms with Gasteiger partial charge in [-0.25, -0.2) is 0 Å². The Morgan fingerprint density at radius 1 is 1.06 bits per heavy atom. The summed E-state index contributed by atoms with van der Waals surface area (Å²) < 4.78 is 16.6. The van der Waals surface area contributed by atoms with Crippen LogP contribution in [0, 0.1) is 0 Å². The van der Waals surface area contributed by atoms with Gasteiger partial charge in [0.25, 0.3) is 11.7 Å². The second-order valence-electron chi connectivity index (χ2n) is 8.51. The molecule has 2 aliphatic heterocycles. The van der Waals surface area contributed by atoms with Gasteiger partial charge in [0, 0.05) is 31.7 Å². The normalized spacial score (nSPS) is 20.3. The van der Waals surface area contributed by atoms with Crippen molar-refractivity contribution in [1.29, 1.82) is 0 Å². The number of benzene rings is 2. The lowest BCUT2D eigenvalue weighted by atomic mass is 9.95. The lowest BCUT2D eigenvalue weighted by Gasteiger charge is -2.29. The summed E-state index contributed by atoms with van der Waals surface area (Å²) in [5, 5.41) is 11.2. The number of rotatable bonds is 9. The summed E-state index contributed by atoms with van der Waals surface area (Å²) in [4.78, 5) is 30.2. The summed E-state index contributed by atoms with van der Waals surface area (Å²) in [6.07, 6.45) is 0.697. The molecule has 0 aromatic heterocycles. The van der Waals surface area contributed by atoms with Crippen LogP contribution >= 0.6 is 0 Å². The zero-order valence-corrected chi connectivity index (χ0v) is 20.2. The van der Waals surface area contributed by atoms with Gasteiger partial charge in [-0.3, -0.25) is 14.5 Å². The smallest absolute Gasteiger partial charge is 0.295 e. The van der Waals surface area contributed by atoms with Gasteiger partial charge in [0.05, 0.1) is 38.5 Å². The van der Waals surface area contributed by atoms with Gasteiger partial charge in [0.2, 0.25) is 0 Å². The Morgan fingerprint density at radius 3 is 2.49 bits per heavy atom. The molecule has 0 bridgehead atoms. The minimum atomic E-state index is -0.732. The molecule has 0 saturated carbocycles. The van der Waals surface area contributed by atoms with Crippen molar-refractivity contribution in [3.8, 4) is 11.5 Å². The Bertz CT molecular complexity index is 1080. The topological polar surface area (TPSA) is 88.5 Å². The van der Waals surface area contributed by atoms with Gasteiger partial charge >= 0.3 is 0 Å². The molecule has 2 aromatic carbocycles. The first-order valence-corrected chi connectivity index (χ1v) is 12.0. The number of methoxy groups -OCH3 is 1. The standard InChI is InChI=1S/C27H32N2O6/c1-3-35-21-11-10-20(18-22(21)33-2)24-23(25(30)19-8-5-4-6-9-19)26(31)27(32)29(24)13-7-12-28-14-16-34-17-15-28/h4-6,8-11,18,24,30H,3,7,12-17H2,1-2H3/b25-23+/t24-/m1/s1. The van der Waals surface area contributed by atoms with Crippen molar-refractivity contribution < 1.29 is 28.9 Å². The summed E-state index contributed by atoms with van der Waals surface area (Å²) in [6.45, 7) is 6.65. The molecule has 1 N–H and O–H groups in total. The summed E-state index contributed by atoms with van der Waals surface area (Å²) in [6, 6.07) is 13.5. The van der Waals surface area contributed by atoms with Gasteiger partial charge in [0.1, 0.15) is 5.76 Å². The second-order valence-corrected chi connectivity index (χ2v) is 8.51. The number of nitrogens with zero attached hydrogens (tertiary/aromatic N) is 2. The predicted octanol–water partition coefficient (Wildman–Crippen LogP) is 3.24. The Morgan fingerprint density at radius 2 is 1.80 bits per heavy atom. The van der Waals surface area contributed by atoms with Crippen LogP contribution in [0.25, 0.3) is 5.76 Å². The third-order valence-electron chi connectivity index (χ3n) is 6.37. The van der Waals surface area contributed by atoms with Crippen LogP contribution in [0.15, 0.2) is 54.1 Å². The molecular formula is C27H32N2O6. The molecule has 0 aliphatic carbocycles. The average Bonchev–Trinajstić information content (AvgIpc) is 3.15. The van der Waals surface area contributed by atoms with E-state index in [0.29, 0.717) is 55.4 Å². The number of likely N-dealkylation sites (tertiary alicyclic amines) is 1. The van der Waals surface area contributed by atoms with E-state index in [2.05, 4.69) is 4.90 Å². The van der Waals surface area contributed by atoms with E-state index in [0.717, 1.165) is 19.6 Å². The minimum Gasteiger partial charge on any atom is -0.507 e. The molecule has 8 heteroatoms. The quantitative estimate of drug-likeness (QED) is 0.335. The Hall–Kier alpha value is -3.36. The largest absolute Gasteiger partial charge is 0.507 e. The molecule has 8 nitrogen and oxygen atoms in total. The highest BCUT2D eigenvalue weighted by molar-refractivity contribution is 6.46. The molecule has 1 amide bonds. The van der Waals surface area contributed by atoms with Crippen LogP contribution < -0.4 is 9.47 Å². The van der Waals surface area contributed by atoms with E-state index in [1.807, 2.05) is 19.1 Å². The van der Waals surface area contributed by atoms with Crippen molar-refractivity contribution in [1.82, 2.24) is 9.80 Å². The molecular weight excluding hydrogens is 448 g/mol. The van der Waals surface area contributed by atoms with Crippen LogP contribution in [0.1, 0.15) is 30.5 Å². The van der Waals surface area contributed by atoms with E-state index in [1.165, 1.54) is 0 Å². The maximum absolute atomic E-state index is 13.2. The molecule has 1 atom stereocenters. The first-order valence-electron chi connectivity index (χ1n) is 12.0. The van der Waals surface area contributed by atoms with Crippen LogP contribution in [0.4, 0.5) is 0 Å². The number of carbonyl (C=O) groups excluding carboxylic acids is 2. The van der Waals surface area contributed by atoms with Crippen LogP contribution in [0.2, 0.25) is 0 Å². The highest BCUT2D eigenvalue weighted by Gasteiger charge is 2.46. The molecule has 35 heavy (non-hydrogen) atoms. The van der Waals surface area contributed by atoms with Gasteiger partial charge in [-0.15, -0.1) is 0 Å². The predicted molar refractivity (Wildman–Crippen MR) is 131 cm³/mol. The Kier molecular flexibility index (Phi) is 8.05. The molecule has 2 aliphatic rings. The fourth-order valence-electron chi connectivity index (χ4n) is 4.63. The van der Waals surface area contributed by atoms with E-state index in [9.17, 15) is 14.7 Å². The van der Waals surface area contributed by atoms with Crippen molar-refractivity contribution in [3.05, 3.63) is 65.2 Å². The van der Waals surface area contributed by atoms with Crippen molar-refractivity contribution in [2.24, 2.45) is 0 Å². The zero-order chi connectivity index (χ0) is 24.8. The van der Waals surface area contributed by atoms with Gasteiger partial charge in [-0.05, 0) is 31.0 Å². The fourth-order valence-corrected chi connectivity index (χ4v) is 4.63. The fraction of sp³-hybridized carbons (Fsp3) is 0.407. The van der Waals surface area contributed by atoms with Crippen LogP contribution in [-0.2, 0) is 14.3 Å². The second kappa shape index (κ2) is 11.4. The van der Waals surface area contributed by atoms with Gasteiger partial charge in [-0.1, -0.05) is 36.4 Å². The van der Waals surface area contributed by atoms with E-state index in [-0.39, 0.29) is 11.3 Å². The third-order valence-corrected chi connectivity index (χ3v) is 6.37. The zero-order valence-electron chi connectivity index (χ0n) is 20.2. The number of hydrogen-bond donors (Lipinski definition) is 1. The van der Waals surface area contributed by atoms with E-state index in [4.69, 9.17) is 14.2 Å². The maximum atomic E-state index is 13.2. The number of hydrogen-bond acceptors (Lipinski definition) is 7. The molecule has 0 unspecified atom stereocenters. The maximum Gasteiger partial charge on any atom is 0.295 e. The highest BCUT2D eigenvalue weighted by Crippen LogP contribution is 2.42. The minimum absolute atomic E-state index is 0.0822. The Balaban J connectivity index is 1.70. The number of carbonyl (C=O) groups is 2. The summed E-state index contributed by atoms with van der Waals surface area (Å²) >= 11 is 0. The number of amides is 1. The monoisotopic (exact) mass is 480 g/mol. The molecule has 2 saturated heterocycles. The molecule has 2 heterocycles. The summed E-state index contributed by atoms with van der Waals surface area (Å²) in [5.74, 6) is -0.399. The molecule has 2 fully saturated rings. The number of morpholine rings is 1. The highest BCUT2D eigenvalue weighted by atomic mass is 16.5. The SMILES string of the molecule is CCOc1ccc([C@@H]2/C(=C(\O)c3ccccc3)C(=O)C(=O)N2CCCN2CCOCC2)cc1OC. The molecule has 186 valence electrons. The molecule has 2 aromatic rings. The lowest BCUT2D eigenvalue weighted by molar-refractivity contribution is -0.140. The van der Waals surface area contributed by atoms with Crippen LogP contribution in [0.3, 0.4) is 0 Å². The van der Waals surface area contributed by atoms with Crippen molar-refractivity contribution >= 4 is 17.4 Å². The molecule has 0 spiro atoms. The van der Waals surface area contributed by atoms with E-state index < -0.39 is 17.7 Å². The van der Waals surface area contributed by atoms with Gasteiger partial charge < -0.3 is 24.2 Å². The van der Waals surface area contributed by atoms with Gasteiger partial charge in [0.15, 0.2) is 11.5 Å². The molecule has 0 radical (unpaired) electrons. The third kappa shape index (κ3) is 5.33. The number of ether oxygens (including phenoxy) is 3. The average molecular weight is 481 g/mol. The summed E-state index contributed by atoms with van der Waals surface area (Å²) in [5.41, 5.74) is 1.24. The van der Waals surface area contributed by atoms with E-state index in [1.54, 1.807) is 48.4 Å². The van der Waals surface area contributed by atoms with Crippen LogP contribution in [0.5, 0.6) is 11.5 Å². The van der Waals surface area contributed by atoms with E-state index >= 15 is 0 Å². The van der Waals surface area contributed by atoms with Crippen molar-refractivity contribution in [3.63, 3.8) is 0 Å². The van der Waals surface area contributed by atoms with Crippen molar-refractivity contribution in [2.45, 2.75) is 19.4 Å². The first kappa shape index (κ1) is 24.8. The first-order chi connectivity index (χ1) is 17.0. The number of aliphatic hydroxyl groups excluding tert-OH is 1. The van der Waals surface area contributed by atoms with Crippen molar-refractivity contribution in [2.75, 3.05) is 53.1 Å². The Labute approximate surface area is 205 Å².